The predicted octanol–water partition coefficient (Wildman–Crippen LogP) is 0.0851. The molecule has 0 saturated heterocycles. The molecule has 0 unspecified atom stereocenters. The van der Waals surface area contributed by atoms with Crippen molar-refractivity contribution in [2.75, 3.05) is 16.1 Å². The van der Waals surface area contributed by atoms with E-state index in [1.165, 1.54) is 12.3 Å². The average Bonchev–Trinajstić information content (AvgIpc) is 2.60. The number of hydrogen-bond acceptors (Lipinski definition) is 8. The van der Waals surface area contributed by atoms with Crippen LogP contribution < -0.4 is 4.72 Å². The van der Waals surface area contributed by atoms with Crippen LogP contribution in [0.5, 0.6) is 0 Å². The lowest BCUT2D eigenvalue weighted by molar-refractivity contribution is 0.319. The Morgan fingerprint density at radius 2 is 2.11 bits per heavy atom. The molecule has 11 heteroatoms. The molecular formula is C7H11N3O5S3. The van der Waals surface area contributed by atoms with Gasteiger partial charge in [0.05, 0.1) is 0 Å². The number of anilines is 1. The Bertz CT molecular complexity index is 658. The lowest BCUT2D eigenvalue weighted by Crippen LogP contribution is -2.22. The highest BCUT2D eigenvalue weighted by Gasteiger charge is 2.19. The third kappa shape index (κ3) is 4.58. The number of nitrogens with zero attached hydrogens (tertiary/aromatic N) is 2. The van der Waals surface area contributed by atoms with Gasteiger partial charge in [0.2, 0.25) is 10.0 Å². The van der Waals surface area contributed by atoms with Crippen LogP contribution in [-0.2, 0) is 19.9 Å². The molecule has 102 valence electrons. The van der Waals surface area contributed by atoms with Gasteiger partial charge in [-0.3, -0.25) is 4.72 Å². The smallest absolute Gasteiger partial charge is 0.248 e. The lowest BCUT2D eigenvalue weighted by Gasteiger charge is -2.02. The topological polar surface area (TPSA) is 126 Å². The zero-order valence-electron chi connectivity index (χ0n) is 9.48. The Balaban J connectivity index is 2.89. The van der Waals surface area contributed by atoms with E-state index in [0.717, 1.165) is 17.6 Å². The number of aromatic nitrogens is 1. The van der Waals surface area contributed by atoms with E-state index in [1.54, 1.807) is 0 Å². The second-order valence-electron chi connectivity index (χ2n) is 3.48. The molecule has 0 bridgehead atoms. The summed E-state index contributed by atoms with van der Waals surface area (Å²) in [5.41, 5.74) is 0.527. The summed E-state index contributed by atoms with van der Waals surface area (Å²) in [4.78, 5) is 3.84. The second-order valence-corrected chi connectivity index (χ2v) is 8.57. The van der Waals surface area contributed by atoms with E-state index < -0.39 is 24.9 Å². The van der Waals surface area contributed by atoms with Crippen molar-refractivity contribution < 1.29 is 22.0 Å². The summed E-state index contributed by atoms with van der Waals surface area (Å²) in [6.07, 6.45) is 0.822. The predicted molar refractivity (Wildman–Crippen MR) is 68.4 cm³/mol. The van der Waals surface area contributed by atoms with Gasteiger partial charge in [0.15, 0.2) is 20.1 Å². The summed E-state index contributed by atoms with van der Waals surface area (Å²) in [6.45, 7) is 1.49. The Morgan fingerprint density at radius 1 is 1.50 bits per heavy atom. The Labute approximate surface area is 108 Å². The van der Waals surface area contributed by atoms with Crippen molar-refractivity contribution in [3.8, 4) is 0 Å². The van der Waals surface area contributed by atoms with E-state index in [0.29, 0.717) is 5.69 Å². The molecule has 0 amide bonds. The quantitative estimate of drug-likeness (QED) is 0.450. The maximum atomic E-state index is 11.5. The Hall–Kier alpha value is -1.20. The van der Waals surface area contributed by atoms with E-state index in [4.69, 9.17) is 5.21 Å². The number of nitrogens with one attached hydrogen (secondary N) is 1. The van der Waals surface area contributed by atoms with Gasteiger partial charge in [-0.25, -0.2) is 21.8 Å². The van der Waals surface area contributed by atoms with Crippen LogP contribution in [0.4, 0.5) is 5.13 Å². The summed E-state index contributed by atoms with van der Waals surface area (Å²) < 4.78 is 46.8. The first-order valence-corrected chi connectivity index (χ1v) is 9.05. The zero-order valence-corrected chi connectivity index (χ0v) is 11.9. The molecule has 1 aromatic heterocycles. The first-order valence-electron chi connectivity index (χ1n) is 4.46. The normalized spacial score (nSPS) is 13.6. The fraction of sp³-hybridized carbons (Fsp3) is 0.429. The number of sulfonamides is 1. The van der Waals surface area contributed by atoms with Gasteiger partial charge in [0.25, 0.3) is 0 Å². The minimum absolute atomic E-state index is 0.0108. The van der Waals surface area contributed by atoms with Gasteiger partial charge < -0.3 is 5.21 Å². The van der Waals surface area contributed by atoms with E-state index >= 15 is 0 Å². The first-order chi connectivity index (χ1) is 8.13. The molecule has 0 radical (unpaired) electrons. The van der Waals surface area contributed by atoms with Crippen LogP contribution in [0.1, 0.15) is 12.6 Å². The molecule has 0 saturated carbocycles. The monoisotopic (exact) mass is 313 g/mol. The van der Waals surface area contributed by atoms with Gasteiger partial charge in [-0.15, -0.1) is 11.3 Å². The first kappa shape index (κ1) is 14.9. The molecule has 0 atom stereocenters. The van der Waals surface area contributed by atoms with Crippen LogP contribution in [0, 0.1) is 0 Å². The van der Waals surface area contributed by atoms with E-state index in [2.05, 4.69) is 10.1 Å². The Kier molecular flexibility index (Phi) is 4.29. The third-order valence-electron chi connectivity index (χ3n) is 1.64. The van der Waals surface area contributed by atoms with Crippen molar-refractivity contribution in [1.29, 1.82) is 0 Å². The van der Waals surface area contributed by atoms with Crippen molar-refractivity contribution in [2.45, 2.75) is 6.92 Å². The molecule has 8 nitrogen and oxygen atoms in total. The summed E-state index contributed by atoms with van der Waals surface area (Å²) in [5.74, 6) is 0. The van der Waals surface area contributed by atoms with Gasteiger partial charge in [-0.2, -0.15) is 0 Å². The highest BCUT2D eigenvalue weighted by atomic mass is 32.3. The maximum absolute atomic E-state index is 11.5. The largest absolute Gasteiger partial charge is 0.411 e. The molecular weight excluding hydrogens is 302 g/mol. The van der Waals surface area contributed by atoms with E-state index in [-0.39, 0.29) is 10.8 Å². The number of hydrogen-bond donors (Lipinski definition) is 2. The van der Waals surface area contributed by atoms with Gasteiger partial charge >= 0.3 is 0 Å². The van der Waals surface area contributed by atoms with Crippen LogP contribution in [0.15, 0.2) is 10.5 Å². The van der Waals surface area contributed by atoms with Crippen LogP contribution in [0.2, 0.25) is 0 Å². The average molecular weight is 313 g/mol. The fourth-order valence-electron chi connectivity index (χ4n) is 0.982. The van der Waals surface area contributed by atoms with Crippen molar-refractivity contribution in [2.24, 2.45) is 5.16 Å². The van der Waals surface area contributed by atoms with Crippen molar-refractivity contribution in [1.82, 2.24) is 4.98 Å². The molecule has 0 spiro atoms. The summed E-state index contributed by atoms with van der Waals surface area (Å²) in [6, 6.07) is 0. The molecule has 1 heterocycles. The highest BCUT2D eigenvalue weighted by molar-refractivity contribution is 8.08. The van der Waals surface area contributed by atoms with E-state index in [9.17, 15) is 16.8 Å². The third-order valence-corrected chi connectivity index (χ3v) is 5.98. The summed E-state index contributed by atoms with van der Waals surface area (Å²) in [7, 11) is -7.66. The van der Waals surface area contributed by atoms with Gasteiger partial charge in [-0.1, -0.05) is 5.16 Å². The van der Waals surface area contributed by atoms with Gasteiger partial charge in [0.1, 0.15) is 11.4 Å². The van der Waals surface area contributed by atoms with Gasteiger partial charge in [0, 0.05) is 11.6 Å². The van der Waals surface area contributed by atoms with Gasteiger partial charge in [-0.05, 0) is 6.92 Å². The fourth-order valence-corrected chi connectivity index (χ4v) is 4.96. The Morgan fingerprint density at radius 3 is 2.61 bits per heavy atom. The van der Waals surface area contributed by atoms with E-state index in [1.807, 2.05) is 4.72 Å². The molecule has 0 fully saturated rings. The number of sulfone groups is 1. The molecule has 1 aromatic rings. The number of oxime groups is 1. The molecule has 18 heavy (non-hydrogen) atoms. The highest BCUT2D eigenvalue weighted by Crippen LogP contribution is 2.17. The molecule has 0 aliphatic heterocycles. The maximum Gasteiger partial charge on any atom is 0.248 e. The van der Waals surface area contributed by atoms with Crippen LogP contribution >= 0.6 is 11.3 Å². The zero-order chi connectivity index (χ0) is 14.0. The summed E-state index contributed by atoms with van der Waals surface area (Å²) in [5, 5.41) is 11.9. The minimum Gasteiger partial charge on any atom is -0.411 e. The van der Waals surface area contributed by atoms with Crippen LogP contribution in [0.3, 0.4) is 0 Å². The number of rotatable bonds is 5. The second kappa shape index (κ2) is 5.20. The van der Waals surface area contributed by atoms with Crippen LogP contribution in [0.25, 0.3) is 0 Å². The molecule has 0 aliphatic carbocycles. The summed E-state index contributed by atoms with van der Waals surface area (Å²) >= 11 is 0.958. The SMILES string of the molecule is CC(=NO)c1csc(NS(=O)(=O)CS(C)(=O)=O)n1. The standard InChI is InChI=1S/C7H11N3O5S3/c1-5(9-11)6-3-16-7(8-6)10-18(14,15)4-17(2,12)13/h3,11H,4H2,1-2H3,(H,8,10). The lowest BCUT2D eigenvalue weighted by atomic mass is 10.3. The molecule has 0 aromatic carbocycles. The molecule has 0 aliphatic rings. The molecule has 2 N–H and O–H groups in total. The molecule has 1 rings (SSSR count). The number of thiazole rings is 1. The van der Waals surface area contributed by atoms with Crippen molar-refractivity contribution in [3.05, 3.63) is 11.1 Å². The van der Waals surface area contributed by atoms with Crippen molar-refractivity contribution >= 4 is 42.0 Å². The van der Waals surface area contributed by atoms with Crippen molar-refractivity contribution in [3.63, 3.8) is 0 Å². The minimum atomic E-state index is -4.00. The van der Waals surface area contributed by atoms with Crippen LogP contribution in [-0.4, -0.2) is 44.1 Å².